The second-order valence-corrected chi connectivity index (χ2v) is 5.70. The Bertz CT molecular complexity index is 486. The molecule has 17 heavy (non-hydrogen) atoms. The van der Waals surface area contributed by atoms with Crippen molar-refractivity contribution in [1.82, 2.24) is 9.55 Å². The minimum Gasteiger partial charge on any atom is -0.481 e. The Hall–Kier alpha value is -1.15. The molecule has 8 heteroatoms. The molecular formula is C9H12N2O4S2. The van der Waals surface area contributed by atoms with Crippen LogP contribution in [0.1, 0.15) is 0 Å². The Morgan fingerprint density at radius 3 is 2.94 bits per heavy atom. The number of carboxylic acids is 1. The molecular weight excluding hydrogens is 264 g/mol. The van der Waals surface area contributed by atoms with Gasteiger partial charge in [-0.15, -0.1) is 0 Å². The van der Waals surface area contributed by atoms with Crippen LogP contribution in [0.2, 0.25) is 0 Å². The Balaban J connectivity index is 2.83. The summed E-state index contributed by atoms with van der Waals surface area (Å²) in [5, 5.41) is 8.91. The first-order valence-corrected chi connectivity index (χ1v) is 7.42. The Labute approximate surface area is 105 Å². The summed E-state index contributed by atoms with van der Waals surface area (Å²) in [5.74, 6) is -0.699. The highest BCUT2D eigenvalue weighted by Gasteiger charge is 2.07. The summed E-state index contributed by atoms with van der Waals surface area (Å²) >= 11 is 0.974. The maximum Gasteiger partial charge on any atom is 0.313 e. The fourth-order valence-electron chi connectivity index (χ4n) is 1.05. The third kappa shape index (κ3) is 5.14. The van der Waals surface area contributed by atoms with Crippen molar-refractivity contribution >= 4 is 28.5 Å². The van der Waals surface area contributed by atoms with Crippen LogP contribution in [0.15, 0.2) is 22.2 Å². The van der Waals surface area contributed by atoms with Crippen LogP contribution in [0.5, 0.6) is 0 Å². The quantitative estimate of drug-likeness (QED) is 0.571. The number of aromatic nitrogens is 2. The van der Waals surface area contributed by atoms with Crippen LogP contribution < -0.4 is 5.56 Å². The highest BCUT2D eigenvalue weighted by atomic mass is 32.2. The molecule has 0 aliphatic heterocycles. The van der Waals surface area contributed by atoms with Crippen LogP contribution in [0.4, 0.5) is 0 Å². The average Bonchev–Trinajstić information content (AvgIpc) is 2.24. The number of carboxylic acid groups (broad SMARTS) is 1. The molecule has 0 saturated carbocycles. The molecule has 1 N–H and O–H groups in total. The molecule has 1 aromatic heterocycles. The van der Waals surface area contributed by atoms with Gasteiger partial charge in [0.2, 0.25) is 0 Å². The lowest BCUT2D eigenvalue weighted by Gasteiger charge is -2.09. The van der Waals surface area contributed by atoms with E-state index in [9.17, 15) is 13.8 Å². The van der Waals surface area contributed by atoms with Crippen molar-refractivity contribution in [2.75, 3.05) is 17.8 Å². The van der Waals surface area contributed by atoms with Gasteiger partial charge in [-0.2, -0.15) is 4.98 Å². The molecule has 0 amide bonds. The second kappa shape index (κ2) is 6.55. The third-order valence-electron chi connectivity index (χ3n) is 1.79. The fraction of sp³-hybridized carbons (Fsp3) is 0.444. The number of aryl methyl sites for hydroxylation is 1. The van der Waals surface area contributed by atoms with Gasteiger partial charge >= 0.3 is 5.97 Å². The molecule has 1 heterocycles. The zero-order valence-corrected chi connectivity index (χ0v) is 10.8. The smallest absolute Gasteiger partial charge is 0.313 e. The number of rotatable bonds is 6. The van der Waals surface area contributed by atoms with Crippen LogP contribution in [-0.2, 0) is 22.1 Å². The van der Waals surface area contributed by atoms with Crippen LogP contribution in [0.3, 0.4) is 0 Å². The Morgan fingerprint density at radius 2 is 2.35 bits per heavy atom. The topological polar surface area (TPSA) is 89.3 Å². The summed E-state index contributed by atoms with van der Waals surface area (Å²) in [7, 11) is -0.945. The van der Waals surface area contributed by atoms with Gasteiger partial charge in [0.05, 0.1) is 5.75 Å². The predicted molar refractivity (Wildman–Crippen MR) is 65.8 cm³/mol. The summed E-state index contributed by atoms with van der Waals surface area (Å²) in [5.41, 5.74) is -0.410. The standard InChI is InChI=1S/C9H12N2O4S2/c1-17(15)5-4-11-3-2-7(12)10-9(11)16-6-8(13)14/h2-3H,4-6H2,1H3,(H,13,14). The molecule has 0 radical (unpaired) electrons. The highest BCUT2D eigenvalue weighted by molar-refractivity contribution is 7.99. The van der Waals surface area contributed by atoms with E-state index in [1.807, 2.05) is 0 Å². The van der Waals surface area contributed by atoms with Crippen LogP contribution in [0, 0.1) is 0 Å². The molecule has 0 aromatic carbocycles. The summed E-state index contributed by atoms with van der Waals surface area (Å²) in [6.07, 6.45) is 3.12. The van der Waals surface area contributed by atoms with Crippen molar-refractivity contribution in [3.8, 4) is 0 Å². The molecule has 94 valence electrons. The third-order valence-corrected chi connectivity index (χ3v) is 3.53. The maximum atomic E-state index is 11.1. The van der Waals surface area contributed by atoms with E-state index in [4.69, 9.17) is 5.11 Å². The van der Waals surface area contributed by atoms with Crippen molar-refractivity contribution < 1.29 is 14.1 Å². The number of aliphatic carboxylic acids is 1. The predicted octanol–water partition coefficient (Wildman–Crippen LogP) is -0.202. The summed E-state index contributed by atoms with van der Waals surface area (Å²) in [4.78, 5) is 25.3. The Kier molecular flexibility index (Phi) is 5.36. The molecule has 1 aromatic rings. The molecule has 0 bridgehead atoms. The molecule has 0 aliphatic rings. The van der Waals surface area contributed by atoms with Crippen molar-refractivity contribution in [2.24, 2.45) is 0 Å². The van der Waals surface area contributed by atoms with E-state index in [1.165, 1.54) is 12.3 Å². The van der Waals surface area contributed by atoms with Gasteiger partial charge in [-0.1, -0.05) is 11.8 Å². The zero-order chi connectivity index (χ0) is 12.8. The van der Waals surface area contributed by atoms with E-state index in [2.05, 4.69) is 4.98 Å². The van der Waals surface area contributed by atoms with Gasteiger partial charge in [0.1, 0.15) is 0 Å². The first-order valence-electron chi connectivity index (χ1n) is 4.71. The van der Waals surface area contributed by atoms with E-state index < -0.39 is 22.3 Å². The van der Waals surface area contributed by atoms with Gasteiger partial charge in [-0.05, 0) is 0 Å². The second-order valence-electron chi connectivity index (χ2n) is 3.20. The molecule has 6 nitrogen and oxygen atoms in total. The zero-order valence-electron chi connectivity index (χ0n) is 9.16. The van der Waals surface area contributed by atoms with Gasteiger partial charge in [-0.3, -0.25) is 13.8 Å². The minimum absolute atomic E-state index is 0.161. The summed E-state index contributed by atoms with van der Waals surface area (Å²) in [6, 6.07) is 1.30. The van der Waals surface area contributed by atoms with E-state index in [0.29, 0.717) is 17.5 Å². The minimum atomic E-state index is -0.973. The molecule has 1 rings (SSSR count). The first kappa shape index (κ1) is 13.9. The van der Waals surface area contributed by atoms with Gasteiger partial charge in [0.25, 0.3) is 5.56 Å². The van der Waals surface area contributed by atoms with Crippen LogP contribution in [0.25, 0.3) is 0 Å². The van der Waals surface area contributed by atoms with E-state index >= 15 is 0 Å². The van der Waals surface area contributed by atoms with Crippen LogP contribution >= 0.6 is 11.8 Å². The normalized spacial score (nSPS) is 12.3. The Morgan fingerprint density at radius 1 is 1.65 bits per heavy atom. The van der Waals surface area contributed by atoms with Gasteiger partial charge < -0.3 is 9.67 Å². The maximum absolute atomic E-state index is 11.1. The lowest BCUT2D eigenvalue weighted by atomic mass is 10.6. The van der Waals surface area contributed by atoms with Crippen molar-refractivity contribution in [1.29, 1.82) is 0 Å². The first-order chi connectivity index (χ1) is 7.99. The van der Waals surface area contributed by atoms with Crippen LogP contribution in [-0.4, -0.2) is 42.6 Å². The van der Waals surface area contributed by atoms with Crippen molar-refractivity contribution in [3.05, 3.63) is 22.6 Å². The number of thioether (sulfide) groups is 1. The summed E-state index contributed by atoms with van der Waals surface area (Å²) in [6.45, 7) is 0.443. The van der Waals surface area contributed by atoms with Crippen molar-refractivity contribution in [3.63, 3.8) is 0 Å². The molecule has 0 aliphatic carbocycles. The molecule has 0 fully saturated rings. The average molecular weight is 276 g/mol. The molecule has 0 spiro atoms. The molecule has 0 saturated heterocycles. The van der Waals surface area contributed by atoms with E-state index in [0.717, 1.165) is 11.8 Å². The van der Waals surface area contributed by atoms with E-state index in [1.54, 1.807) is 10.8 Å². The van der Waals surface area contributed by atoms with Gasteiger partial charge in [-0.25, -0.2) is 0 Å². The monoisotopic (exact) mass is 276 g/mol. The molecule has 1 unspecified atom stereocenters. The lowest BCUT2D eigenvalue weighted by Crippen LogP contribution is -2.16. The van der Waals surface area contributed by atoms with Crippen molar-refractivity contribution in [2.45, 2.75) is 11.7 Å². The van der Waals surface area contributed by atoms with E-state index in [-0.39, 0.29) is 5.75 Å². The number of hydrogen-bond donors (Lipinski definition) is 1. The molecule has 1 atom stereocenters. The number of hydrogen-bond acceptors (Lipinski definition) is 5. The van der Waals surface area contributed by atoms with Gasteiger partial charge in [0.15, 0.2) is 5.16 Å². The SMILES string of the molecule is CS(=O)CCn1ccc(=O)nc1SCC(=O)O. The van der Waals surface area contributed by atoms with Gasteiger partial charge in [0, 0.05) is 41.6 Å². The number of nitrogens with zero attached hydrogens (tertiary/aromatic N) is 2. The lowest BCUT2D eigenvalue weighted by molar-refractivity contribution is -0.133. The largest absolute Gasteiger partial charge is 0.481 e. The number of carbonyl (C=O) groups is 1. The fourth-order valence-corrected chi connectivity index (χ4v) is 2.23. The highest BCUT2D eigenvalue weighted by Crippen LogP contribution is 2.13. The summed E-state index contributed by atoms with van der Waals surface area (Å²) < 4.78 is 12.6.